The number of carboxylic acid groups (broad SMARTS) is 1. The standard InChI is InChI=1S/C53H59F8N9O8/c1-50(2,52(56,57)58)44(66-49(76)77-5)46(72)64-41(20-31-9-6-30(7-10-31)8-11-32-12-19-43(63-22-32)68-25-36-16-17-37(26-68)70(36)38-28-78-29-38)42(71)27-69(67-47(73)45(65-48(74)75)51(3,4)53(59,60)61)24-34-14-13-33(21-39(34)55)40-18-15-35(54)23-62-40/h6-7,9-10,12-15,18-19,21-23,36-38,41-42,44-45,65,71H,16-17,20,24-29H2,1-5H3,(H,64,72)(H,66,76)(H,67,73)(H,74,75). The highest BCUT2D eigenvalue weighted by Crippen LogP contribution is 2.42. The lowest BCUT2D eigenvalue weighted by molar-refractivity contribution is -0.221. The van der Waals surface area contributed by atoms with Crippen LogP contribution < -0.4 is 26.3 Å². The van der Waals surface area contributed by atoms with Gasteiger partial charge in [0.1, 0.15) is 29.5 Å². The molecule has 5 heterocycles. The van der Waals surface area contributed by atoms with Crippen molar-refractivity contribution in [2.24, 2.45) is 10.8 Å². The van der Waals surface area contributed by atoms with Gasteiger partial charge in [-0.15, -0.1) is 0 Å². The number of hydrogen-bond acceptors (Lipinski definition) is 12. The van der Waals surface area contributed by atoms with E-state index in [1.54, 1.807) is 35.8 Å². The van der Waals surface area contributed by atoms with Gasteiger partial charge in [-0.1, -0.05) is 36.1 Å². The fourth-order valence-electron chi connectivity index (χ4n) is 9.52. The quantitative estimate of drug-likeness (QED) is 0.0366. The maximum atomic E-state index is 16.0. The molecule has 3 aliphatic rings. The molecule has 7 rings (SSSR count). The Bertz CT molecular complexity index is 2830. The SMILES string of the molecule is COC(=O)NC(C(=O)NC(Cc1ccc(C#Cc2ccc(N3CC4CCC(C3)N4C3COC3)nc2)cc1)C(O)CN(Cc1ccc(-c2ccc(F)cn2)cc1F)NC(=O)C(NC(=O)O)C(C)(C)C(F)(F)F)C(C)(C)C(F)(F)F. The van der Waals surface area contributed by atoms with Crippen LogP contribution in [-0.2, 0) is 32.0 Å². The van der Waals surface area contributed by atoms with E-state index in [4.69, 9.17) is 4.74 Å². The average molecular weight is 1100 g/mol. The predicted octanol–water partition coefficient (Wildman–Crippen LogP) is 6.33. The number of alkyl carbamates (subject to hydrolysis) is 1. The van der Waals surface area contributed by atoms with Gasteiger partial charge in [0.25, 0.3) is 5.91 Å². The third-order valence-electron chi connectivity index (χ3n) is 14.5. The molecule has 4 aromatic rings. The highest BCUT2D eigenvalue weighted by atomic mass is 19.4. The van der Waals surface area contributed by atoms with Crippen LogP contribution in [-0.4, -0.2) is 149 Å². The van der Waals surface area contributed by atoms with E-state index in [1.807, 2.05) is 17.4 Å². The van der Waals surface area contributed by atoms with Crippen molar-refractivity contribution in [1.29, 1.82) is 0 Å². The number of methoxy groups -OCH3 is 1. The number of aliphatic hydroxyl groups is 1. The summed E-state index contributed by atoms with van der Waals surface area (Å²) in [5.41, 5.74) is -2.48. The third-order valence-corrected chi connectivity index (χ3v) is 14.5. The Morgan fingerprint density at radius 1 is 0.782 bits per heavy atom. The number of hydrogen-bond donors (Lipinski definition) is 6. The molecule has 2 aromatic heterocycles. The fourth-order valence-corrected chi connectivity index (χ4v) is 9.52. The van der Waals surface area contributed by atoms with Crippen LogP contribution in [0.5, 0.6) is 0 Å². The Labute approximate surface area is 444 Å². The number of aromatic nitrogens is 2. The number of carbonyl (C=O) groups excluding carboxylic acids is 3. The fraction of sp³-hybridized carbons (Fsp3) is 0.472. The Morgan fingerprint density at radius 2 is 1.40 bits per heavy atom. The highest BCUT2D eigenvalue weighted by molar-refractivity contribution is 5.87. The van der Waals surface area contributed by atoms with E-state index in [2.05, 4.69) is 47.1 Å². The minimum absolute atomic E-state index is 0.140. The lowest BCUT2D eigenvalue weighted by atomic mass is 9.82. The number of nitrogens with zero attached hydrogens (tertiary/aromatic N) is 5. The van der Waals surface area contributed by atoms with Crippen LogP contribution in [0.25, 0.3) is 11.3 Å². The van der Waals surface area contributed by atoms with Gasteiger partial charge in [0, 0.05) is 66.7 Å². The van der Waals surface area contributed by atoms with Gasteiger partial charge < -0.3 is 40.5 Å². The summed E-state index contributed by atoms with van der Waals surface area (Å²) in [7, 11) is 0.849. The van der Waals surface area contributed by atoms with Crippen molar-refractivity contribution in [3.63, 3.8) is 0 Å². The molecule has 2 aromatic carbocycles. The smallest absolute Gasteiger partial charge is 0.407 e. The van der Waals surface area contributed by atoms with Crippen LogP contribution in [0.2, 0.25) is 0 Å². The van der Waals surface area contributed by atoms with Gasteiger partial charge in [0.15, 0.2) is 0 Å². The average Bonchev–Trinajstić information content (AvgIpc) is 3.61. The number of halogens is 8. The zero-order valence-electron chi connectivity index (χ0n) is 43.0. The molecule has 6 atom stereocenters. The molecule has 0 spiro atoms. The Kier molecular flexibility index (Phi) is 17.9. The van der Waals surface area contributed by atoms with Crippen molar-refractivity contribution in [3.8, 4) is 23.1 Å². The number of amides is 4. The Hall–Kier alpha value is -7.14. The number of ether oxygens (including phenoxy) is 2. The van der Waals surface area contributed by atoms with Crippen LogP contribution >= 0.6 is 0 Å². The number of hydrazine groups is 1. The molecule has 0 aliphatic carbocycles. The summed E-state index contributed by atoms with van der Waals surface area (Å²) in [4.78, 5) is 65.6. The second-order valence-electron chi connectivity index (χ2n) is 20.6. The van der Waals surface area contributed by atoms with Crippen LogP contribution in [0, 0.1) is 34.3 Å². The Balaban J connectivity index is 1.16. The largest absolute Gasteiger partial charge is 0.465 e. The molecule has 0 saturated carbocycles. The number of carbonyl (C=O) groups is 4. The molecule has 3 saturated heterocycles. The normalized spacial score (nSPS) is 18.6. The van der Waals surface area contributed by atoms with E-state index in [0.717, 1.165) is 75.4 Å². The van der Waals surface area contributed by atoms with Crippen molar-refractivity contribution in [2.75, 3.05) is 44.9 Å². The van der Waals surface area contributed by atoms with Crippen LogP contribution in [0.1, 0.15) is 62.8 Å². The molecule has 6 unspecified atom stereocenters. The minimum Gasteiger partial charge on any atom is -0.465 e. The van der Waals surface area contributed by atoms with E-state index < -0.39 is 103 Å². The molecule has 6 N–H and O–H groups in total. The summed E-state index contributed by atoms with van der Waals surface area (Å²) in [6.07, 6.45) is -11.4. The summed E-state index contributed by atoms with van der Waals surface area (Å²) in [5, 5.41) is 28.1. The van der Waals surface area contributed by atoms with E-state index in [0.29, 0.717) is 62.5 Å². The third kappa shape index (κ3) is 13.8. The number of fused-ring (bicyclic) bond motifs is 2. The molecular weight excluding hydrogens is 1040 g/mol. The second-order valence-corrected chi connectivity index (χ2v) is 20.6. The monoisotopic (exact) mass is 1100 g/mol. The lowest BCUT2D eigenvalue weighted by Crippen LogP contribution is -2.63. The molecule has 3 aliphatic heterocycles. The summed E-state index contributed by atoms with van der Waals surface area (Å²) in [6, 6.07) is 10.6. The topological polar surface area (TPSA) is 211 Å². The van der Waals surface area contributed by atoms with E-state index >= 15 is 4.39 Å². The summed E-state index contributed by atoms with van der Waals surface area (Å²) in [5.74, 6) is 2.16. The number of benzene rings is 2. The molecule has 420 valence electrons. The first-order valence-electron chi connectivity index (χ1n) is 24.7. The molecule has 0 radical (unpaired) electrons. The van der Waals surface area contributed by atoms with Gasteiger partial charge in [-0.2, -0.15) is 26.3 Å². The molecule has 25 heteroatoms. The number of alkyl halides is 6. The molecule has 4 amide bonds. The number of anilines is 1. The van der Waals surface area contributed by atoms with Crippen molar-refractivity contribution < 1.29 is 74.0 Å². The first kappa shape index (κ1) is 58.5. The summed E-state index contributed by atoms with van der Waals surface area (Å²) < 4.78 is 126. The van der Waals surface area contributed by atoms with Crippen molar-refractivity contribution in [3.05, 3.63) is 113 Å². The first-order chi connectivity index (χ1) is 36.6. The van der Waals surface area contributed by atoms with Gasteiger partial charge >= 0.3 is 24.5 Å². The Morgan fingerprint density at radius 3 is 1.92 bits per heavy atom. The number of piperazine rings is 1. The van der Waals surface area contributed by atoms with E-state index in [-0.39, 0.29) is 16.8 Å². The zero-order valence-corrected chi connectivity index (χ0v) is 43.0. The van der Waals surface area contributed by atoms with Gasteiger partial charge in [0.2, 0.25) is 5.91 Å². The molecule has 17 nitrogen and oxygen atoms in total. The van der Waals surface area contributed by atoms with Crippen molar-refractivity contribution >= 4 is 29.8 Å². The van der Waals surface area contributed by atoms with Gasteiger partial charge in [-0.05, 0) is 95.0 Å². The van der Waals surface area contributed by atoms with Crippen molar-refractivity contribution in [2.45, 2.75) is 108 Å². The van der Waals surface area contributed by atoms with Gasteiger partial charge in [-0.3, -0.25) is 24.9 Å². The highest BCUT2D eigenvalue weighted by Gasteiger charge is 2.57. The maximum Gasteiger partial charge on any atom is 0.407 e. The van der Waals surface area contributed by atoms with Crippen molar-refractivity contribution in [1.82, 2.24) is 41.3 Å². The van der Waals surface area contributed by atoms with Gasteiger partial charge in [-0.25, -0.2) is 28.4 Å². The maximum absolute atomic E-state index is 16.0. The van der Waals surface area contributed by atoms with E-state index in [9.17, 15) is 60.1 Å². The molecule has 3 fully saturated rings. The molecular formula is C53H59F8N9O8. The first-order valence-corrected chi connectivity index (χ1v) is 24.7. The zero-order chi connectivity index (χ0) is 56.9. The van der Waals surface area contributed by atoms with E-state index in [1.165, 1.54) is 18.2 Å². The molecule has 78 heavy (non-hydrogen) atoms. The minimum atomic E-state index is -5.20. The predicted molar refractivity (Wildman–Crippen MR) is 266 cm³/mol. The van der Waals surface area contributed by atoms with Crippen LogP contribution in [0.4, 0.5) is 50.5 Å². The molecule has 2 bridgehead atoms. The number of pyridine rings is 2. The lowest BCUT2D eigenvalue weighted by Gasteiger charge is -2.47. The summed E-state index contributed by atoms with van der Waals surface area (Å²) in [6.45, 7) is 3.89. The van der Waals surface area contributed by atoms with Crippen LogP contribution in [0.15, 0.2) is 79.1 Å². The second kappa shape index (κ2) is 23.8. The number of nitrogens with one attached hydrogen (secondary N) is 4. The number of aliphatic hydroxyl groups excluding tert-OH is 1. The van der Waals surface area contributed by atoms with Crippen LogP contribution in [0.3, 0.4) is 0 Å². The summed E-state index contributed by atoms with van der Waals surface area (Å²) >= 11 is 0. The van der Waals surface area contributed by atoms with Gasteiger partial charge in [0.05, 0.1) is 61.2 Å². The number of rotatable bonds is 18.